The zero-order valence-corrected chi connectivity index (χ0v) is 12.3. The van der Waals surface area contributed by atoms with Gasteiger partial charge in [0.25, 0.3) is 5.91 Å². The minimum Gasteiger partial charge on any atom is -0.462 e. The Kier molecular flexibility index (Phi) is 4.92. The number of rotatable bonds is 6. The second-order valence-electron chi connectivity index (χ2n) is 4.85. The summed E-state index contributed by atoms with van der Waals surface area (Å²) in [5.41, 5.74) is 0.380. The summed E-state index contributed by atoms with van der Waals surface area (Å²) in [5.74, 6) is 0.699. The molecule has 108 valence electrons. The molecule has 1 amide bonds. The van der Waals surface area contributed by atoms with Gasteiger partial charge in [-0.15, -0.1) is 11.3 Å². The first-order valence-corrected chi connectivity index (χ1v) is 7.41. The van der Waals surface area contributed by atoms with Crippen LogP contribution in [0.1, 0.15) is 30.8 Å². The first-order chi connectivity index (χ1) is 9.61. The van der Waals surface area contributed by atoms with Crippen LogP contribution in [-0.4, -0.2) is 28.6 Å². The Labute approximate surface area is 121 Å². The summed E-state index contributed by atoms with van der Waals surface area (Å²) in [5, 5.41) is 14.3. The maximum Gasteiger partial charge on any atom is 0.271 e. The van der Waals surface area contributed by atoms with Crippen molar-refractivity contribution in [1.82, 2.24) is 10.3 Å². The van der Waals surface area contributed by atoms with Crippen LogP contribution in [0.3, 0.4) is 0 Å². The molecule has 2 N–H and O–H groups in total. The van der Waals surface area contributed by atoms with Crippen LogP contribution >= 0.6 is 11.3 Å². The van der Waals surface area contributed by atoms with Gasteiger partial charge in [-0.2, -0.15) is 0 Å². The number of hydrogen-bond donors (Lipinski definition) is 2. The highest BCUT2D eigenvalue weighted by atomic mass is 32.1. The number of amides is 1. The Balaban J connectivity index is 2.06. The average molecular weight is 294 g/mol. The van der Waals surface area contributed by atoms with Crippen LogP contribution in [0.4, 0.5) is 0 Å². The van der Waals surface area contributed by atoms with Crippen molar-refractivity contribution in [1.29, 1.82) is 0 Å². The zero-order valence-electron chi connectivity index (χ0n) is 11.5. The van der Waals surface area contributed by atoms with Gasteiger partial charge in [-0.3, -0.25) is 4.79 Å². The molecule has 2 heterocycles. The van der Waals surface area contributed by atoms with Crippen LogP contribution in [-0.2, 0) is 0 Å². The molecule has 2 rings (SSSR count). The molecule has 1 atom stereocenters. The third-order valence-corrected chi connectivity index (χ3v) is 3.89. The second-order valence-corrected chi connectivity index (χ2v) is 5.71. The highest BCUT2D eigenvalue weighted by molar-refractivity contribution is 7.13. The van der Waals surface area contributed by atoms with Crippen molar-refractivity contribution in [2.45, 2.75) is 26.3 Å². The number of thiazole rings is 1. The highest BCUT2D eigenvalue weighted by Gasteiger charge is 2.19. The number of carbonyl (C=O) groups excluding carboxylic acids is 1. The van der Waals surface area contributed by atoms with E-state index in [1.165, 1.54) is 11.3 Å². The summed E-state index contributed by atoms with van der Waals surface area (Å²) < 4.78 is 5.25. The van der Waals surface area contributed by atoms with Crippen LogP contribution in [0, 0.1) is 5.92 Å². The molecule has 1 unspecified atom stereocenters. The van der Waals surface area contributed by atoms with Crippen LogP contribution in [0.15, 0.2) is 28.2 Å². The van der Waals surface area contributed by atoms with Gasteiger partial charge in [0.1, 0.15) is 5.69 Å². The van der Waals surface area contributed by atoms with E-state index < -0.39 is 0 Å². The fourth-order valence-corrected chi connectivity index (χ4v) is 2.61. The number of aliphatic hydroxyl groups excluding tert-OH is 1. The molecule has 0 fully saturated rings. The van der Waals surface area contributed by atoms with Gasteiger partial charge in [-0.25, -0.2) is 4.98 Å². The molecule has 0 bridgehead atoms. The van der Waals surface area contributed by atoms with Gasteiger partial charge in [-0.05, 0) is 24.5 Å². The molecule has 0 aliphatic heterocycles. The predicted molar refractivity (Wildman–Crippen MR) is 77.6 cm³/mol. The second kappa shape index (κ2) is 6.67. The Morgan fingerprint density at radius 3 is 2.95 bits per heavy atom. The van der Waals surface area contributed by atoms with E-state index in [2.05, 4.69) is 10.3 Å². The summed E-state index contributed by atoms with van der Waals surface area (Å²) in [6.45, 7) is 4.07. The molecular formula is C14H18N2O3S. The molecule has 0 saturated heterocycles. The van der Waals surface area contributed by atoms with E-state index in [1.807, 2.05) is 19.9 Å². The van der Waals surface area contributed by atoms with Gasteiger partial charge < -0.3 is 14.8 Å². The number of nitrogens with zero attached hydrogens (tertiary/aromatic N) is 1. The number of aromatic nitrogens is 1. The SMILES string of the molecule is CC(C)C(CCO)NC(=O)c1csc(-c2ccco2)n1. The van der Waals surface area contributed by atoms with Gasteiger partial charge in [0.05, 0.1) is 6.26 Å². The van der Waals surface area contributed by atoms with E-state index in [9.17, 15) is 4.79 Å². The Bertz CT molecular complexity index is 549. The molecule has 2 aromatic rings. The summed E-state index contributed by atoms with van der Waals surface area (Å²) in [4.78, 5) is 16.4. The molecule has 6 heteroatoms. The first-order valence-electron chi connectivity index (χ1n) is 6.53. The monoisotopic (exact) mass is 294 g/mol. The summed E-state index contributed by atoms with van der Waals surface area (Å²) >= 11 is 1.37. The van der Waals surface area contributed by atoms with Crippen molar-refractivity contribution in [3.8, 4) is 10.8 Å². The normalized spacial score (nSPS) is 12.6. The van der Waals surface area contributed by atoms with E-state index in [0.717, 1.165) is 0 Å². The molecule has 20 heavy (non-hydrogen) atoms. The fraction of sp³-hybridized carbons (Fsp3) is 0.429. The molecular weight excluding hydrogens is 276 g/mol. The molecule has 0 radical (unpaired) electrons. The molecule has 0 aliphatic carbocycles. The first kappa shape index (κ1) is 14.7. The number of nitrogens with one attached hydrogen (secondary N) is 1. The van der Waals surface area contributed by atoms with E-state index in [0.29, 0.717) is 22.9 Å². The summed E-state index contributed by atoms with van der Waals surface area (Å²) in [6.07, 6.45) is 2.12. The largest absolute Gasteiger partial charge is 0.462 e. The third-order valence-electron chi connectivity index (χ3n) is 3.03. The molecule has 0 aromatic carbocycles. The van der Waals surface area contributed by atoms with E-state index in [1.54, 1.807) is 17.7 Å². The standard InChI is InChI=1S/C14H18N2O3S/c1-9(2)10(5-6-17)15-13(18)11-8-20-14(16-11)12-4-3-7-19-12/h3-4,7-10,17H,5-6H2,1-2H3,(H,15,18). The maximum absolute atomic E-state index is 12.1. The van der Waals surface area contributed by atoms with Crippen molar-refractivity contribution >= 4 is 17.2 Å². The van der Waals surface area contributed by atoms with Crippen molar-refractivity contribution in [3.05, 3.63) is 29.5 Å². The van der Waals surface area contributed by atoms with Crippen molar-refractivity contribution < 1.29 is 14.3 Å². The zero-order chi connectivity index (χ0) is 14.5. The van der Waals surface area contributed by atoms with Gasteiger partial charge in [0.2, 0.25) is 0 Å². The number of hydrogen-bond acceptors (Lipinski definition) is 5. The van der Waals surface area contributed by atoms with Crippen molar-refractivity contribution in [3.63, 3.8) is 0 Å². The summed E-state index contributed by atoms with van der Waals surface area (Å²) in [7, 11) is 0. The molecule has 2 aromatic heterocycles. The van der Waals surface area contributed by atoms with Crippen LogP contribution in [0.2, 0.25) is 0 Å². The number of carbonyl (C=O) groups is 1. The maximum atomic E-state index is 12.1. The fourth-order valence-electron chi connectivity index (χ4n) is 1.85. The van der Waals surface area contributed by atoms with Gasteiger partial charge in [0, 0.05) is 18.0 Å². The van der Waals surface area contributed by atoms with Gasteiger partial charge in [-0.1, -0.05) is 13.8 Å². The lowest BCUT2D eigenvalue weighted by Gasteiger charge is -2.20. The predicted octanol–water partition coefficient (Wildman–Crippen LogP) is 2.54. The summed E-state index contributed by atoms with van der Waals surface area (Å²) in [6, 6.07) is 3.54. The lowest BCUT2D eigenvalue weighted by molar-refractivity contribution is 0.0912. The number of furan rings is 1. The van der Waals surface area contributed by atoms with Crippen LogP contribution in [0.5, 0.6) is 0 Å². The van der Waals surface area contributed by atoms with Crippen molar-refractivity contribution in [2.24, 2.45) is 5.92 Å². The third kappa shape index (κ3) is 3.46. The molecule has 5 nitrogen and oxygen atoms in total. The Morgan fingerprint density at radius 2 is 2.35 bits per heavy atom. The average Bonchev–Trinajstić information content (AvgIpc) is 3.08. The van der Waals surface area contributed by atoms with E-state index in [4.69, 9.17) is 9.52 Å². The van der Waals surface area contributed by atoms with Crippen LogP contribution < -0.4 is 5.32 Å². The van der Waals surface area contributed by atoms with E-state index in [-0.39, 0.29) is 24.5 Å². The smallest absolute Gasteiger partial charge is 0.271 e. The van der Waals surface area contributed by atoms with E-state index >= 15 is 0 Å². The molecule has 0 saturated carbocycles. The van der Waals surface area contributed by atoms with Crippen LogP contribution in [0.25, 0.3) is 10.8 Å². The van der Waals surface area contributed by atoms with Crippen molar-refractivity contribution in [2.75, 3.05) is 6.61 Å². The van der Waals surface area contributed by atoms with Gasteiger partial charge >= 0.3 is 0 Å². The Morgan fingerprint density at radius 1 is 1.55 bits per heavy atom. The van der Waals surface area contributed by atoms with Gasteiger partial charge in [0.15, 0.2) is 10.8 Å². The lowest BCUT2D eigenvalue weighted by Crippen LogP contribution is -2.39. The molecule has 0 aliphatic rings. The topological polar surface area (TPSA) is 75.4 Å². The minimum atomic E-state index is -0.216. The quantitative estimate of drug-likeness (QED) is 0.858. The Hall–Kier alpha value is -1.66. The number of aliphatic hydroxyl groups is 1. The minimum absolute atomic E-state index is 0.0534. The lowest BCUT2D eigenvalue weighted by atomic mass is 10.0. The highest BCUT2D eigenvalue weighted by Crippen LogP contribution is 2.24. The molecule has 0 spiro atoms.